The summed E-state index contributed by atoms with van der Waals surface area (Å²) in [5, 5.41) is 3.50. The number of carbonyl (C=O) groups is 2. The third-order valence-corrected chi connectivity index (χ3v) is 6.76. The molecule has 0 spiro atoms. The van der Waals surface area contributed by atoms with Crippen molar-refractivity contribution >= 4 is 17.5 Å². The molecule has 2 saturated heterocycles. The molecule has 3 aliphatic rings. The standard InChI is InChI=1S/C25H29N3O2/c29-24-16-23(25(30)28(24)22-10-9-19-7-4-8-20(19)15-22)26-21-11-13-27(14-12-21)17-18-5-2-1-3-6-18/h1-3,5-6,9-10,15,21,23,26H,4,7-8,11-14,16-17H2. The van der Waals surface area contributed by atoms with Gasteiger partial charge in [-0.3, -0.25) is 14.5 Å². The highest BCUT2D eigenvalue weighted by molar-refractivity contribution is 6.22. The molecule has 5 heteroatoms. The molecule has 2 fully saturated rings. The van der Waals surface area contributed by atoms with Gasteiger partial charge in [0.15, 0.2) is 0 Å². The Hall–Kier alpha value is -2.50. The first-order chi connectivity index (χ1) is 14.7. The highest BCUT2D eigenvalue weighted by Crippen LogP contribution is 2.30. The van der Waals surface area contributed by atoms with Crippen molar-refractivity contribution in [2.24, 2.45) is 0 Å². The number of amides is 2. The lowest BCUT2D eigenvalue weighted by Gasteiger charge is -2.33. The van der Waals surface area contributed by atoms with Crippen LogP contribution in [0.1, 0.15) is 42.4 Å². The van der Waals surface area contributed by atoms with Gasteiger partial charge in [0.25, 0.3) is 5.91 Å². The van der Waals surface area contributed by atoms with Crippen molar-refractivity contribution in [3.63, 3.8) is 0 Å². The first-order valence-electron chi connectivity index (χ1n) is 11.2. The number of likely N-dealkylation sites (tertiary alicyclic amines) is 1. The second-order valence-corrected chi connectivity index (χ2v) is 8.83. The zero-order valence-electron chi connectivity index (χ0n) is 17.3. The van der Waals surface area contributed by atoms with E-state index in [1.165, 1.54) is 21.6 Å². The van der Waals surface area contributed by atoms with E-state index in [2.05, 4.69) is 40.5 Å². The van der Waals surface area contributed by atoms with Crippen LogP contribution in [0.2, 0.25) is 0 Å². The van der Waals surface area contributed by atoms with Crippen LogP contribution in [0.4, 0.5) is 5.69 Å². The van der Waals surface area contributed by atoms with Gasteiger partial charge in [-0.2, -0.15) is 0 Å². The Labute approximate surface area is 178 Å². The number of anilines is 1. The SMILES string of the molecule is O=C1CC(NC2CCN(Cc3ccccc3)CC2)C(=O)N1c1ccc2c(c1)CCC2. The summed E-state index contributed by atoms with van der Waals surface area (Å²) >= 11 is 0. The number of imide groups is 1. The van der Waals surface area contributed by atoms with E-state index in [1.54, 1.807) is 0 Å². The van der Waals surface area contributed by atoms with Crippen molar-refractivity contribution in [3.8, 4) is 0 Å². The monoisotopic (exact) mass is 403 g/mol. The summed E-state index contributed by atoms with van der Waals surface area (Å²) in [4.78, 5) is 29.5. The van der Waals surface area contributed by atoms with Crippen LogP contribution in [-0.2, 0) is 29.0 Å². The summed E-state index contributed by atoms with van der Waals surface area (Å²) in [7, 11) is 0. The minimum absolute atomic E-state index is 0.0861. The molecule has 1 atom stereocenters. The second kappa shape index (κ2) is 8.32. The van der Waals surface area contributed by atoms with E-state index >= 15 is 0 Å². The van der Waals surface area contributed by atoms with Crippen molar-refractivity contribution < 1.29 is 9.59 Å². The number of rotatable bonds is 5. The average molecular weight is 404 g/mol. The van der Waals surface area contributed by atoms with E-state index in [9.17, 15) is 9.59 Å². The second-order valence-electron chi connectivity index (χ2n) is 8.83. The Morgan fingerprint density at radius 1 is 0.933 bits per heavy atom. The van der Waals surface area contributed by atoms with Gasteiger partial charge in [0.2, 0.25) is 5.91 Å². The molecule has 0 aromatic heterocycles. The van der Waals surface area contributed by atoms with Gasteiger partial charge in [0, 0.05) is 12.6 Å². The van der Waals surface area contributed by atoms with Gasteiger partial charge in [-0.25, -0.2) is 4.90 Å². The summed E-state index contributed by atoms with van der Waals surface area (Å²) in [5.74, 6) is -0.179. The fraction of sp³-hybridized carbons (Fsp3) is 0.440. The van der Waals surface area contributed by atoms with Gasteiger partial charge in [-0.05, 0) is 74.0 Å². The topological polar surface area (TPSA) is 52.7 Å². The van der Waals surface area contributed by atoms with Crippen molar-refractivity contribution in [2.75, 3.05) is 18.0 Å². The average Bonchev–Trinajstić information content (AvgIpc) is 3.33. The summed E-state index contributed by atoms with van der Waals surface area (Å²) in [6.07, 6.45) is 5.58. The van der Waals surface area contributed by atoms with Gasteiger partial charge >= 0.3 is 0 Å². The van der Waals surface area contributed by atoms with Crippen molar-refractivity contribution in [3.05, 3.63) is 65.2 Å². The van der Waals surface area contributed by atoms with E-state index < -0.39 is 6.04 Å². The normalized spacial score (nSPS) is 22.7. The summed E-state index contributed by atoms with van der Waals surface area (Å²) in [6, 6.07) is 16.5. The molecule has 5 nitrogen and oxygen atoms in total. The molecule has 0 bridgehead atoms. The number of aryl methyl sites for hydroxylation is 2. The van der Waals surface area contributed by atoms with Crippen molar-refractivity contribution in [2.45, 2.75) is 57.2 Å². The molecular weight excluding hydrogens is 374 g/mol. The molecule has 1 N–H and O–H groups in total. The maximum atomic E-state index is 13.0. The van der Waals surface area contributed by atoms with Crippen LogP contribution in [-0.4, -0.2) is 41.9 Å². The molecule has 2 aromatic rings. The van der Waals surface area contributed by atoms with E-state index in [-0.39, 0.29) is 18.2 Å². The summed E-state index contributed by atoms with van der Waals surface area (Å²) in [6.45, 7) is 2.99. The Balaban J connectivity index is 1.18. The van der Waals surface area contributed by atoms with E-state index in [0.29, 0.717) is 6.04 Å². The Kier molecular flexibility index (Phi) is 5.40. The number of hydrogen-bond acceptors (Lipinski definition) is 4. The predicted octanol–water partition coefficient (Wildman–Crippen LogP) is 3.06. The smallest absolute Gasteiger partial charge is 0.251 e. The molecule has 1 aliphatic carbocycles. The number of piperidine rings is 1. The largest absolute Gasteiger partial charge is 0.303 e. The molecule has 0 radical (unpaired) electrons. The van der Waals surface area contributed by atoms with Gasteiger partial charge in [-0.15, -0.1) is 0 Å². The van der Waals surface area contributed by atoms with Crippen molar-refractivity contribution in [1.29, 1.82) is 0 Å². The van der Waals surface area contributed by atoms with E-state index in [1.807, 2.05) is 18.2 Å². The Morgan fingerprint density at radius 2 is 1.70 bits per heavy atom. The number of fused-ring (bicyclic) bond motifs is 1. The first-order valence-corrected chi connectivity index (χ1v) is 11.2. The third kappa shape index (κ3) is 3.92. The van der Waals surface area contributed by atoms with Crippen LogP contribution in [0, 0.1) is 0 Å². The molecular formula is C25H29N3O2. The third-order valence-electron chi connectivity index (χ3n) is 6.76. The lowest BCUT2D eigenvalue weighted by atomic mass is 10.0. The minimum atomic E-state index is -0.392. The highest BCUT2D eigenvalue weighted by Gasteiger charge is 2.40. The number of hydrogen-bond donors (Lipinski definition) is 1. The maximum absolute atomic E-state index is 13.0. The van der Waals surface area contributed by atoms with E-state index in [0.717, 1.165) is 57.4 Å². The van der Waals surface area contributed by atoms with Crippen LogP contribution < -0.4 is 10.2 Å². The maximum Gasteiger partial charge on any atom is 0.251 e. The first kappa shape index (κ1) is 19.5. The molecule has 2 aliphatic heterocycles. The van der Waals surface area contributed by atoms with Gasteiger partial charge in [-0.1, -0.05) is 36.4 Å². The van der Waals surface area contributed by atoms with Crippen LogP contribution in [0.5, 0.6) is 0 Å². The summed E-state index contributed by atoms with van der Waals surface area (Å²) in [5.41, 5.74) is 4.73. The number of benzene rings is 2. The molecule has 2 aromatic carbocycles. The van der Waals surface area contributed by atoms with Gasteiger partial charge in [0.1, 0.15) is 0 Å². The molecule has 5 rings (SSSR count). The van der Waals surface area contributed by atoms with Gasteiger partial charge in [0.05, 0.1) is 18.2 Å². The molecule has 2 amide bonds. The lowest BCUT2D eigenvalue weighted by Crippen LogP contribution is -2.48. The number of nitrogens with zero attached hydrogens (tertiary/aromatic N) is 2. The predicted molar refractivity (Wildman–Crippen MR) is 117 cm³/mol. The quantitative estimate of drug-likeness (QED) is 0.780. The fourth-order valence-corrected chi connectivity index (χ4v) is 5.11. The lowest BCUT2D eigenvalue weighted by molar-refractivity contribution is -0.121. The zero-order chi connectivity index (χ0) is 20.5. The van der Waals surface area contributed by atoms with Crippen molar-refractivity contribution in [1.82, 2.24) is 10.2 Å². The molecule has 30 heavy (non-hydrogen) atoms. The number of nitrogens with one attached hydrogen (secondary N) is 1. The van der Waals surface area contributed by atoms with Gasteiger partial charge < -0.3 is 5.32 Å². The minimum Gasteiger partial charge on any atom is -0.303 e. The van der Waals surface area contributed by atoms with Crippen LogP contribution >= 0.6 is 0 Å². The van der Waals surface area contributed by atoms with Crippen LogP contribution in [0.15, 0.2) is 48.5 Å². The highest BCUT2D eigenvalue weighted by atomic mass is 16.2. The van der Waals surface area contributed by atoms with Crippen LogP contribution in [0.25, 0.3) is 0 Å². The zero-order valence-corrected chi connectivity index (χ0v) is 17.3. The molecule has 156 valence electrons. The Morgan fingerprint density at radius 3 is 2.50 bits per heavy atom. The van der Waals surface area contributed by atoms with Crippen LogP contribution in [0.3, 0.4) is 0 Å². The number of carbonyl (C=O) groups excluding carboxylic acids is 2. The Bertz CT molecular complexity index is 935. The van der Waals surface area contributed by atoms with E-state index in [4.69, 9.17) is 0 Å². The molecule has 1 unspecified atom stereocenters. The summed E-state index contributed by atoms with van der Waals surface area (Å²) < 4.78 is 0. The fourth-order valence-electron chi connectivity index (χ4n) is 5.11. The molecule has 2 heterocycles. The molecule has 0 saturated carbocycles.